The number of benzene rings is 3. The molecule has 3 aromatic carbocycles. The van der Waals surface area contributed by atoms with Gasteiger partial charge in [-0.1, -0.05) is 47.5 Å². The number of carbonyl (C=O) groups is 1. The Hall–Kier alpha value is -2.94. The van der Waals surface area contributed by atoms with Gasteiger partial charge in [-0.15, -0.1) is 0 Å². The minimum absolute atomic E-state index is 0.00299. The highest BCUT2D eigenvalue weighted by Crippen LogP contribution is 2.28. The van der Waals surface area contributed by atoms with Crippen molar-refractivity contribution in [2.45, 2.75) is 11.8 Å². The second kappa shape index (κ2) is 10.1. The Morgan fingerprint density at radius 1 is 1.09 bits per heavy atom. The average Bonchev–Trinajstić information content (AvgIpc) is 2.75. The van der Waals surface area contributed by atoms with E-state index in [-0.39, 0.29) is 21.2 Å². The number of anilines is 1. The summed E-state index contributed by atoms with van der Waals surface area (Å²) < 4.78 is 41.4. The molecule has 32 heavy (non-hydrogen) atoms. The molecule has 10 heteroatoms. The molecule has 0 atom stereocenters. The molecule has 3 rings (SSSR count). The van der Waals surface area contributed by atoms with Crippen LogP contribution in [0.4, 0.5) is 10.1 Å². The Morgan fingerprint density at radius 2 is 1.81 bits per heavy atom. The van der Waals surface area contributed by atoms with Gasteiger partial charge in [0, 0.05) is 10.6 Å². The third kappa shape index (κ3) is 5.45. The summed E-state index contributed by atoms with van der Waals surface area (Å²) in [6.45, 7) is 1.12. The predicted octanol–water partition coefficient (Wildman–Crippen LogP) is 4.79. The molecule has 0 bridgehead atoms. The van der Waals surface area contributed by atoms with Crippen molar-refractivity contribution in [3.8, 4) is 0 Å². The van der Waals surface area contributed by atoms with Crippen molar-refractivity contribution in [3.63, 3.8) is 0 Å². The number of halogens is 3. The van der Waals surface area contributed by atoms with E-state index in [2.05, 4.69) is 10.5 Å². The number of amides is 1. The highest BCUT2D eigenvalue weighted by atomic mass is 35.5. The first-order valence-electron chi connectivity index (χ1n) is 9.30. The number of nitrogens with one attached hydrogen (secondary N) is 1. The van der Waals surface area contributed by atoms with Gasteiger partial charge in [0.15, 0.2) is 0 Å². The summed E-state index contributed by atoms with van der Waals surface area (Å²) in [6, 6.07) is 16.5. The SMILES string of the molecule is Cc1cc(Cl)ccc1N(CC(=O)N/N=C\c1c(F)cccc1Cl)S(=O)(=O)c1ccccc1. The lowest BCUT2D eigenvalue weighted by Gasteiger charge is -2.25. The van der Waals surface area contributed by atoms with Gasteiger partial charge in [-0.2, -0.15) is 5.10 Å². The Kier molecular flexibility index (Phi) is 7.50. The van der Waals surface area contributed by atoms with Crippen LogP contribution in [0.3, 0.4) is 0 Å². The minimum Gasteiger partial charge on any atom is -0.271 e. The van der Waals surface area contributed by atoms with Crippen LogP contribution in [0.5, 0.6) is 0 Å². The molecule has 0 aromatic heterocycles. The maximum Gasteiger partial charge on any atom is 0.264 e. The molecule has 0 aliphatic rings. The molecule has 0 saturated carbocycles. The third-order valence-corrected chi connectivity index (χ3v) is 6.77. The van der Waals surface area contributed by atoms with E-state index in [1.807, 2.05) is 0 Å². The summed E-state index contributed by atoms with van der Waals surface area (Å²) in [6.07, 6.45) is 1.05. The Morgan fingerprint density at radius 3 is 2.47 bits per heavy atom. The summed E-state index contributed by atoms with van der Waals surface area (Å²) >= 11 is 11.9. The predicted molar refractivity (Wildman–Crippen MR) is 124 cm³/mol. The lowest BCUT2D eigenvalue weighted by atomic mass is 10.2. The molecule has 0 heterocycles. The Labute approximate surface area is 195 Å². The molecule has 0 aliphatic heterocycles. The van der Waals surface area contributed by atoms with E-state index in [1.165, 1.54) is 42.5 Å². The van der Waals surface area contributed by atoms with Crippen LogP contribution < -0.4 is 9.73 Å². The van der Waals surface area contributed by atoms with Gasteiger partial charge in [-0.3, -0.25) is 9.10 Å². The number of hydrazone groups is 1. The highest BCUT2D eigenvalue weighted by molar-refractivity contribution is 7.92. The van der Waals surface area contributed by atoms with E-state index in [9.17, 15) is 17.6 Å². The smallest absolute Gasteiger partial charge is 0.264 e. The van der Waals surface area contributed by atoms with Crippen molar-refractivity contribution in [2.75, 3.05) is 10.8 Å². The maximum absolute atomic E-state index is 13.8. The summed E-state index contributed by atoms with van der Waals surface area (Å²) in [4.78, 5) is 12.6. The fraction of sp³-hybridized carbons (Fsp3) is 0.0909. The first kappa shape index (κ1) is 23.7. The monoisotopic (exact) mass is 493 g/mol. The van der Waals surface area contributed by atoms with Crippen LogP contribution >= 0.6 is 23.2 Å². The van der Waals surface area contributed by atoms with Crippen molar-refractivity contribution < 1.29 is 17.6 Å². The van der Waals surface area contributed by atoms with Gasteiger partial charge in [0.25, 0.3) is 15.9 Å². The zero-order valence-electron chi connectivity index (χ0n) is 16.8. The van der Waals surface area contributed by atoms with Crippen LogP contribution in [0.2, 0.25) is 10.0 Å². The van der Waals surface area contributed by atoms with E-state index < -0.39 is 28.3 Å². The molecule has 6 nitrogen and oxygen atoms in total. The number of sulfonamides is 1. The number of hydrogen-bond donors (Lipinski definition) is 1. The van der Waals surface area contributed by atoms with E-state index in [4.69, 9.17) is 23.2 Å². The molecule has 0 spiro atoms. The Balaban J connectivity index is 1.89. The normalized spacial score (nSPS) is 11.5. The van der Waals surface area contributed by atoms with Gasteiger partial charge < -0.3 is 0 Å². The molecule has 1 N–H and O–H groups in total. The van der Waals surface area contributed by atoms with E-state index >= 15 is 0 Å². The first-order chi connectivity index (χ1) is 15.2. The van der Waals surface area contributed by atoms with Gasteiger partial charge in [-0.25, -0.2) is 18.2 Å². The van der Waals surface area contributed by atoms with Gasteiger partial charge in [-0.05, 0) is 55.0 Å². The fourth-order valence-corrected chi connectivity index (χ4v) is 4.83. The number of nitrogens with zero attached hydrogens (tertiary/aromatic N) is 2. The molecule has 0 saturated heterocycles. The van der Waals surface area contributed by atoms with Crippen molar-refractivity contribution in [1.29, 1.82) is 0 Å². The van der Waals surface area contributed by atoms with Crippen LogP contribution in [0.1, 0.15) is 11.1 Å². The van der Waals surface area contributed by atoms with Crippen LogP contribution in [0, 0.1) is 12.7 Å². The lowest BCUT2D eigenvalue weighted by molar-refractivity contribution is -0.119. The summed E-state index contributed by atoms with van der Waals surface area (Å²) in [5, 5.41) is 4.26. The van der Waals surface area contributed by atoms with Crippen LogP contribution in [-0.2, 0) is 14.8 Å². The topological polar surface area (TPSA) is 78.8 Å². The zero-order chi connectivity index (χ0) is 23.3. The number of aryl methyl sites for hydroxylation is 1. The summed E-state index contributed by atoms with van der Waals surface area (Å²) in [5.74, 6) is -1.34. The lowest BCUT2D eigenvalue weighted by Crippen LogP contribution is -2.40. The molecular formula is C22H18Cl2FN3O3S. The van der Waals surface area contributed by atoms with E-state index in [1.54, 1.807) is 31.2 Å². The highest BCUT2D eigenvalue weighted by Gasteiger charge is 2.28. The van der Waals surface area contributed by atoms with E-state index in [0.29, 0.717) is 10.6 Å². The average molecular weight is 494 g/mol. The number of rotatable bonds is 7. The molecule has 166 valence electrons. The first-order valence-corrected chi connectivity index (χ1v) is 11.5. The van der Waals surface area contributed by atoms with E-state index in [0.717, 1.165) is 10.5 Å². The molecule has 0 aliphatic carbocycles. The number of carbonyl (C=O) groups excluding carboxylic acids is 1. The molecule has 1 amide bonds. The molecule has 3 aromatic rings. The molecular weight excluding hydrogens is 476 g/mol. The van der Waals surface area contributed by atoms with Gasteiger partial charge in [0.1, 0.15) is 12.4 Å². The summed E-state index contributed by atoms with van der Waals surface area (Å²) in [5.41, 5.74) is 3.06. The fourth-order valence-electron chi connectivity index (χ4n) is 2.89. The third-order valence-electron chi connectivity index (χ3n) is 4.43. The molecule has 0 unspecified atom stereocenters. The van der Waals surface area contributed by atoms with Crippen LogP contribution in [-0.4, -0.2) is 27.1 Å². The van der Waals surface area contributed by atoms with Gasteiger partial charge in [0.05, 0.1) is 21.8 Å². The molecule has 0 fully saturated rings. The standard InChI is InChI=1S/C22H18Cl2FN3O3S/c1-15-12-16(23)10-11-21(15)28(32(30,31)17-6-3-2-4-7-17)14-22(29)27-26-13-18-19(24)8-5-9-20(18)25/h2-13H,14H2,1H3,(H,27,29)/b26-13-. The number of hydrogen-bond acceptors (Lipinski definition) is 4. The van der Waals surface area contributed by atoms with Crippen molar-refractivity contribution in [3.05, 3.63) is 93.7 Å². The molecule has 0 radical (unpaired) electrons. The van der Waals surface area contributed by atoms with Crippen molar-refractivity contribution in [2.24, 2.45) is 5.10 Å². The maximum atomic E-state index is 13.8. The van der Waals surface area contributed by atoms with Crippen LogP contribution in [0.15, 0.2) is 76.7 Å². The largest absolute Gasteiger partial charge is 0.271 e. The second-order valence-electron chi connectivity index (χ2n) is 6.68. The van der Waals surface area contributed by atoms with Crippen molar-refractivity contribution in [1.82, 2.24) is 5.43 Å². The van der Waals surface area contributed by atoms with Crippen LogP contribution in [0.25, 0.3) is 0 Å². The van der Waals surface area contributed by atoms with Gasteiger partial charge in [0.2, 0.25) is 0 Å². The van der Waals surface area contributed by atoms with Crippen molar-refractivity contribution >= 4 is 51.0 Å². The minimum atomic E-state index is -4.08. The second-order valence-corrected chi connectivity index (χ2v) is 9.39. The summed E-state index contributed by atoms with van der Waals surface area (Å²) in [7, 11) is -4.08. The van der Waals surface area contributed by atoms with Gasteiger partial charge >= 0.3 is 0 Å². The zero-order valence-corrected chi connectivity index (χ0v) is 19.1. The Bertz CT molecular complexity index is 1250. The quantitative estimate of drug-likeness (QED) is 0.379.